The number of nitrogens with one attached hydrogen (secondary N) is 1. The number of fused-ring (bicyclic) bond motifs is 1. The Hall–Kier alpha value is -2.12. The molecule has 1 amide bonds. The van der Waals surface area contributed by atoms with E-state index in [0.29, 0.717) is 15.4 Å². The fourth-order valence-corrected chi connectivity index (χ4v) is 3.92. The van der Waals surface area contributed by atoms with Crippen molar-refractivity contribution in [3.63, 3.8) is 0 Å². The van der Waals surface area contributed by atoms with Gasteiger partial charge in [0.1, 0.15) is 4.70 Å². The van der Waals surface area contributed by atoms with Gasteiger partial charge in [-0.05, 0) is 23.9 Å². The van der Waals surface area contributed by atoms with Crippen molar-refractivity contribution < 1.29 is 4.79 Å². The third-order valence-electron chi connectivity index (χ3n) is 3.66. The van der Waals surface area contributed by atoms with Crippen LogP contribution >= 0.6 is 23.1 Å². The maximum absolute atomic E-state index is 12.2. The molecule has 7 heteroatoms. The molecule has 0 saturated heterocycles. The minimum Gasteiger partial charge on any atom is -0.349 e. The number of carbonyl (C=O) groups excluding carboxylic acids is 1. The Balaban J connectivity index is 1.66. The van der Waals surface area contributed by atoms with Gasteiger partial charge in [-0.3, -0.25) is 14.2 Å². The van der Waals surface area contributed by atoms with E-state index in [1.54, 1.807) is 7.05 Å². The number of thiophene rings is 1. The van der Waals surface area contributed by atoms with Crippen LogP contribution in [-0.4, -0.2) is 21.2 Å². The Morgan fingerprint density at radius 2 is 2.08 bits per heavy atom. The molecule has 2 aromatic heterocycles. The summed E-state index contributed by atoms with van der Waals surface area (Å²) in [6.45, 7) is 1.95. The summed E-state index contributed by atoms with van der Waals surface area (Å²) in [5.74, 6) is 0.128. The summed E-state index contributed by atoms with van der Waals surface area (Å²) in [6, 6.07) is 11.6. The standard InChI is InChI=1S/C17H17N3O2S2/c1-11(12-6-4-3-5-7-12)18-14(21)10-24-17-19-13-8-9-23-15(13)16(22)20(17)2/h3-9,11H,10H2,1-2H3,(H,18,21). The molecule has 1 unspecified atom stereocenters. The lowest BCUT2D eigenvalue weighted by atomic mass is 10.1. The molecule has 0 fully saturated rings. The van der Waals surface area contributed by atoms with Crippen molar-refractivity contribution in [2.24, 2.45) is 7.05 Å². The predicted octanol–water partition coefficient (Wildman–Crippen LogP) is 2.96. The van der Waals surface area contributed by atoms with Crippen LogP contribution in [0.15, 0.2) is 51.7 Å². The van der Waals surface area contributed by atoms with Crippen molar-refractivity contribution in [3.05, 3.63) is 57.7 Å². The zero-order chi connectivity index (χ0) is 17.1. The van der Waals surface area contributed by atoms with Gasteiger partial charge in [-0.25, -0.2) is 4.98 Å². The van der Waals surface area contributed by atoms with Crippen molar-refractivity contribution in [2.45, 2.75) is 18.1 Å². The first-order valence-corrected chi connectivity index (χ1v) is 9.34. The van der Waals surface area contributed by atoms with Crippen molar-refractivity contribution in [1.82, 2.24) is 14.9 Å². The third-order valence-corrected chi connectivity index (χ3v) is 5.58. The number of benzene rings is 1. The summed E-state index contributed by atoms with van der Waals surface area (Å²) < 4.78 is 2.14. The van der Waals surface area contributed by atoms with Crippen LogP contribution in [0.2, 0.25) is 0 Å². The Bertz CT molecular complexity index is 918. The van der Waals surface area contributed by atoms with E-state index >= 15 is 0 Å². The summed E-state index contributed by atoms with van der Waals surface area (Å²) in [6.07, 6.45) is 0. The molecule has 0 aliphatic heterocycles. The third kappa shape index (κ3) is 3.52. The van der Waals surface area contributed by atoms with Gasteiger partial charge in [-0.15, -0.1) is 11.3 Å². The number of thioether (sulfide) groups is 1. The van der Waals surface area contributed by atoms with Gasteiger partial charge in [-0.1, -0.05) is 42.1 Å². The summed E-state index contributed by atoms with van der Waals surface area (Å²) in [7, 11) is 1.68. The summed E-state index contributed by atoms with van der Waals surface area (Å²) in [4.78, 5) is 28.9. The van der Waals surface area contributed by atoms with Crippen molar-refractivity contribution in [2.75, 3.05) is 5.75 Å². The number of hydrogen-bond acceptors (Lipinski definition) is 5. The second-order valence-electron chi connectivity index (χ2n) is 5.38. The smallest absolute Gasteiger partial charge is 0.271 e. The molecule has 3 aromatic rings. The maximum atomic E-state index is 12.2. The van der Waals surface area contributed by atoms with Gasteiger partial charge in [0.15, 0.2) is 5.16 Å². The molecular weight excluding hydrogens is 342 g/mol. The van der Waals surface area contributed by atoms with Crippen LogP contribution in [-0.2, 0) is 11.8 Å². The minimum atomic E-state index is -0.0870. The van der Waals surface area contributed by atoms with Crippen LogP contribution in [0.5, 0.6) is 0 Å². The molecular formula is C17H17N3O2S2. The van der Waals surface area contributed by atoms with Crippen molar-refractivity contribution in [1.29, 1.82) is 0 Å². The highest BCUT2D eigenvalue weighted by Crippen LogP contribution is 2.20. The Morgan fingerprint density at radius 3 is 2.83 bits per heavy atom. The highest BCUT2D eigenvalue weighted by molar-refractivity contribution is 7.99. The first-order chi connectivity index (χ1) is 11.6. The van der Waals surface area contributed by atoms with E-state index in [2.05, 4.69) is 10.3 Å². The molecule has 0 radical (unpaired) electrons. The van der Waals surface area contributed by atoms with Crippen LogP contribution in [0.1, 0.15) is 18.5 Å². The normalized spacial score (nSPS) is 12.2. The zero-order valence-corrected chi connectivity index (χ0v) is 15.0. The number of amides is 1. The number of nitrogens with zero attached hydrogens (tertiary/aromatic N) is 2. The largest absolute Gasteiger partial charge is 0.349 e. The molecule has 24 heavy (non-hydrogen) atoms. The van der Waals surface area contributed by atoms with E-state index in [0.717, 1.165) is 5.56 Å². The number of aromatic nitrogens is 2. The fraction of sp³-hybridized carbons (Fsp3) is 0.235. The van der Waals surface area contributed by atoms with Crippen LogP contribution in [0.4, 0.5) is 0 Å². The van der Waals surface area contributed by atoms with E-state index in [9.17, 15) is 9.59 Å². The zero-order valence-electron chi connectivity index (χ0n) is 13.4. The molecule has 0 aliphatic rings. The van der Waals surface area contributed by atoms with Gasteiger partial charge in [0.2, 0.25) is 5.91 Å². The molecule has 0 spiro atoms. The molecule has 1 atom stereocenters. The van der Waals surface area contributed by atoms with Gasteiger partial charge in [-0.2, -0.15) is 0 Å². The van der Waals surface area contributed by atoms with E-state index < -0.39 is 0 Å². The lowest BCUT2D eigenvalue weighted by Gasteiger charge is -2.14. The molecule has 124 valence electrons. The number of hydrogen-bond donors (Lipinski definition) is 1. The van der Waals surface area contributed by atoms with Crippen LogP contribution < -0.4 is 10.9 Å². The van der Waals surface area contributed by atoms with Gasteiger partial charge in [0.05, 0.1) is 17.3 Å². The van der Waals surface area contributed by atoms with Crippen molar-refractivity contribution in [3.8, 4) is 0 Å². The Kier molecular flexibility index (Phi) is 5.01. The molecule has 3 rings (SSSR count). The molecule has 5 nitrogen and oxygen atoms in total. The topological polar surface area (TPSA) is 64.0 Å². The Morgan fingerprint density at radius 1 is 1.33 bits per heavy atom. The molecule has 0 saturated carbocycles. The molecule has 0 bridgehead atoms. The van der Waals surface area contributed by atoms with E-state index in [1.165, 1.54) is 27.7 Å². The number of carbonyl (C=O) groups is 1. The van der Waals surface area contributed by atoms with E-state index in [4.69, 9.17) is 0 Å². The average molecular weight is 359 g/mol. The van der Waals surface area contributed by atoms with Crippen molar-refractivity contribution >= 4 is 39.2 Å². The second-order valence-corrected chi connectivity index (χ2v) is 7.24. The second kappa shape index (κ2) is 7.19. The highest BCUT2D eigenvalue weighted by atomic mass is 32.2. The van der Waals surface area contributed by atoms with Gasteiger partial charge >= 0.3 is 0 Å². The molecule has 1 aromatic carbocycles. The predicted molar refractivity (Wildman–Crippen MR) is 98.6 cm³/mol. The first-order valence-electron chi connectivity index (χ1n) is 7.47. The van der Waals surface area contributed by atoms with Crippen LogP contribution in [0.3, 0.4) is 0 Å². The lowest BCUT2D eigenvalue weighted by Crippen LogP contribution is -2.28. The SMILES string of the molecule is CC(NC(=O)CSc1nc2ccsc2c(=O)n1C)c1ccccc1. The Labute approximate surface area is 147 Å². The van der Waals surface area contributed by atoms with Gasteiger partial charge in [0, 0.05) is 7.05 Å². The summed E-state index contributed by atoms with van der Waals surface area (Å²) >= 11 is 2.65. The van der Waals surface area contributed by atoms with E-state index in [-0.39, 0.29) is 23.3 Å². The van der Waals surface area contributed by atoms with Gasteiger partial charge in [0.25, 0.3) is 5.56 Å². The molecule has 0 aliphatic carbocycles. The average Bonchev–Trinajstić information content (AvgIpc) is 3.06. The molecule has 2 heterocycles. The maximum Gasteiger partial charge on any atom is 0.271 e. The fourth-order valence-electron chi connectivity index (χ4n) is 2.34. The quantitative estimate of drug-likeness (QED) is 0.562. The highest BCUT2D eigenvalue weighted by Gasteiger charge is 2.13. The molecule has 1 N–H and O–H groups in total. The monoisotopic (exact) mass is 359 g/mol. The van der Waals surface area contributed by atoms with Gasteiger partial charge < -0.3 is 5.32 Å². The van der Waals surface area contributed by atoms with Crippen LogP contribution in [0.25, 0.3) is 10.2 Å². The summed E-state index contributed by atoms with van der Waals surface area (Å²) in [5.41, 5.74) is 1.67. The lowest BCUT2D eigenvalue weighted by molar-refractivity contribution is -0.119. The summed E-state index contributed by atoms with van der Waals surface area (Å²) in [5, 5.41) is 5.36. The first kappa shape index (κ1) is 16.7. The van der Waals surface area contributed by atoms with Crippen LogP contribution in [0, 0.1) is 0 Å². The number of rotatable bonds is 5. The minimum absolute atomic E-state index is 0.0598. The van der Waals surface area contributed by atoms with E-state index in [1.807, 2.05) is 48.7 Å².